The van der Waals surface area contributed by atoms with Crippen LogP contribution in [-0.2, 0) is 0 Å². The van der Waals surface area contributed by atoms with E-state index in [2.05, 4.69) is 17.3 Å². The third-order valence-electron chi connectivity index (χ3n) is 2.84. The van der Waals surface area contributed by atoms with Crippen LogP contribution in [0.4, 0.5) is 4.79 Å². The van der Waals surface area contributed by atoms with E-state index in [4.69, 9.17) is 5.73 Å². The molecule has 1 aliphatic heterocycles. The summed E-state index contributed by atoms with van der Waals surface area (Å²) in [5.41, 5.74) is 5.07. The van der Waals surface area contributed by atoms with Gasteiger partial charge in [-0.05, 0) is 45.8 Å². The molecule has 3 N–H and O–H groups in total. The Bertz CT molecular complexity index is 176. The molecule has 4 heteroatoms. The molecule has 1 saturated heterocycles. The van der Waals surface area contributed by atoms with E-state index in [1.54, 1.807) is 0 Å². The SMILES string of the molecule is CC(NC(N)=O)C1CCN(C)CC1. The number of piperidine rings is 1. The third kappa shape index (κ3) is 3.22. The first-order valence-corrected chi connectivity index (χ1v) is 4.84. The predicted octanol–water partition coefficient (Wildman–Crippen LogP) is 0.385. The van der Waals surface area contributed by atoms with E-state index in [0.717, 1.165) is 25.9 Å². The molecular weight excluding hydrogens is 166 g/mol. The van der Waals surface area contributed by atoms with Gasteiger partial charge in [-0.3, -0.25) is 0 Å². The number of likely N-dealkylation sites (tertiary alicyclic amines) is 1. The topological polar surface area (TPSA) is 58.4 Å². The van der Waals surface area contributed by atoms with Gasteiger partial charge >= 0.3 is 6.03 Å². The van der Waals surface area contributed by atoms with Crippen molar-refractivity contribution in [3.05, 3.63) is 0 Å². The first-order chi connectivity index (χ1) is 6.09. The summed E-state index contributed by atoms with van der Waals surface area (Å²) < 4.78 is 0. The lowest BCUT2D eigenvalue weighted by Gasteiger charge is -2.32. The van der Waals surface area contributed by atoms with Crippen LogP contribution in [0, 0.1) is 5.92 Å². The summed E-state index contributed by atoms with van der Waals surface area (Å²) in [7, 11) is 2.13. The van der Waals surface area contributed by atoms with Crippen molar-refractivity contribution in [2.24, 2.45) is 11.7 Å². The fourth-order valence-electron chi connectivity index (χ4n) is 1.87. The molecule has 0 bridgehead atoms. The molecule has 0 aliphatic carbocycles. The van der Waals surface area contributed by atoms with Crippen molar-refractivity contribution in [2.45, 2.75) is 25.8 Å². The van der Waals surface area contributed by atoms with Gasteiger partial charge in [-0.15, -0.1) is 0 Å². The van der Waals surface area contributed by atoms with Crippen molar-refractivity contribution < 1.29 is 4.79 Å². The average molecular weight is 185 g/mol. The van der Waals surface area contributed by atoms with E-state index in [1.165, 1.54) is 0 Å². The maximum atomic E-state index is 10.6. The number of amides is 2. The second kappa shape index (κ2) is 4.46. The summed E-state index contributed by atoms with van der Waals surface area (Å²) in [4.78, 5) is 12.9. The zero-order chi connectivity index (χ0) is 9.84. The van der Waals surface area contributed by atoms with Crippen LogP contribution in [0.5, 0.6) is 0 Å². The number of primary amides is 1. The molecule has 13 heavy (non-hydrogen) atoms. The Hall–Kier alpha value is -0.770. The number of carbonyl (C=O) groups excluding carboxylic acids is 1. The number of hydrogen-bond donors (Lipinski definition) is 2. The van der Waals surface area contributed by atoms with Crippen molar-refractivity contribution in [1.29, 1.82) is 0 Å². The van der Waals surface area contributed by atoms with Crippen molar-refractivity contribution in [1.82, 2.24) is 10.2 Å². The molecular formula is C9H19N3O. The first kappa shape index (κ1) is 10.3. The smallest absolute Gasteiger partial charge is 0.312 e. The maximum Gasteiger partial charge on any atom is 0.312 e. The molecule has 1 fully saturated rings. The van der Waals surface area contributed by atoms with E-state index in [1.807, 2.05) is 6.92 Å². The molecule has 2 amide bonds. The average Bonchev–Trinajstić information content (AvgIpc) is 2.04. The van der Waals surface area contributed by atoms with Gasteiger partial charge in [-0.25, -0.2) is 4.79 Å². The number of urea groups is 1. The van der Waals surface area contributed by atoms with Crippen LogP contribution < -0.4 is 11.1 Å². The van der Waals surface area contributed by atoms with Crippen molar-refractivity contribution in [2.75, 3.05) is 20.1 Å². The Morgan fingerprint density at radius 1 is 1.54 bits per heavy atom. The molecule has 1 rings (SSSR count). The number of rotatable bonds is 2. The quantitative estimate of drug-likeness (QED) is 0.653. The van der Waals surface area contributed by atoms with Gasteiger partial charge in [0.05, 0.1) is 0 Å². The number of nitrogens with zero attached hydrogens (tertiary/aromatic N) is 1. The zero-order valence-electron chi connectivity index (χ0n) is 8.42. The van der Waals surface area contributed by atoms with E-state index in [-0.39, 0.29) is 6.04 Å². The Morgan fingerprint density at radius 2 is 2.08 bits per heavy atom. The number of hydrogen-bond acceptors (Lipinski definition) is 2. The minimum absolute atomic E-state index is 0.214. The zero-order valence-corrected chi connectivity index (χ0v) is 8.42. The Morgan fingerprint density at radius 3 is 2.54 bits per heavy atom. The van der Waals surface area contributed by atoms with Gasteiger partial charge in [0.1, 0.15) is 0 Å². The molecule has 1 aliphatic rings. The number of nitrogens with two attached hydrogens (primary N) is 1. The highest BCUT2D eigenvalue weighted by Gasteiger charge is 2.22. The van der Waals surface area contributed by atoms with E-state index in [9.17, 15) is 4.79 Å². The summed E-state index contributed by atoms with van der Waals surface area (Å²) in [6, 6.07) is -0.197. The van der Waals surface area contributed by atoms with Crippen molar-refractivity contribution >= 4 is 6.03 Å². The molecule has 76 valence electrons. The fourth-order valence-corrected chi connectivity index (χ4v) is 1.87. The molecule has 0 aromatic heterocycles. The highest BCUT2D eigenvalue weighted by atomic mass is 16.2. The van der Waals surface area contributed by atoms with E-state index < -0.39 is 6.03 Å². The van der Waals surface area contributed by atoms with E-state index in [0.29, 0.717) is 5.92 Å². The number of nitrogens with one attached hydrogen (secondary N) is 1. The van der Waals surface area contributed by atoms with Crippen LogP contribution in [0.15, 0.2) is 0 Å². The van der Waals surface area contributed by atoms with Crippen molar-refractivity contribution in [3.63, 3.8) is 0 Å². The lowest BCUT2D eigenvalue weighted by Crippen LogP contribution is -2.44. The second-order valence-electron chi connectivity index (χ2n) is 3.94. The Labute approximate surface area is 79.5 Å². The highest BCUT2D eigenvalue weighted by Crippen LogP contribution is 2.19. The second-order valence-corrected chi connectivity index (χ2v) is 3.94. The number of carbonyl (C=O) groups is 1. The van der Waals surface area contributed by atoms with Crippen LogP contribution in [0.3, 0.4) is 0 Å². The molecule has 1 atom stereocenters. The van der Waals surface area contributed by atoms with Crippen LogP contribution in [0.1, 0.15) is 19.8 Å². The minimum atomic E-state index is -0.411. The first-order valence-electron chi connectivity index (χ1n) is 4.84. The molecule has 1 heterocycles. The summed E-state index contributed by atoms with van der Waals surface area (Å²) in [5, 5.41) is 2.75. The Kier molecular flexibility index (Phi) is 3.54. The molecule has 0 radical (unpaired) electrons. The van der Waals surface area contributed by atoms with Crippen molar-refractivity contribution in [3.8, 4) is 0 Å². The highest BCUT2D eigenvalue weighted by molar-refractivity contribution is 5.71. The minimum Gasteiger partial charge on any atom is -0.352 e. The molecule has 4 nitrogen and oxygen atoms in total. The van der Waals surface area contributed by atoms with Gasteiger partial charge in [-0.1, -0.05) is 0 Å². The lowest BCUT2D eigenvalue weighted by molar-refractivity contribution is 0.188. The van der Waals surface area contributed by atoms with Crippen LogP contribution >= 0.6 is 0 Å². The van der Waals surface area contributed by atoms with Gasteiger partial charge in [0, 0.05) is 6.04 Å². The maximum absolute atomic E-state index is 10.6. The van der Waals surface area contributed by atoms with Gasteiger partial charge in [0.2, 0.25) is 0 Å². The summed E-state index contributed by atoms with van der Waals surface area (Å²) in [5.74, 6) is 0.587. The summed E-state index contributed by atoms with van der Waals surface area (Å²) >= 11 is 0. The standard InChI is InChI=1S/C9H19N3O/c1-7(11-9(10)13)8-3-5-12(2)6-4-8/h7-8H,3-6H2,1-2H3,(H3,10,11,13). The van der Waals surface area contributed by atoms with Gasteiger partial charge in [0.25, 0.3) is 0 Å². The molecule has 0 aromatic rings. The van der Waals surface area contributed by atoms with Crippen LogP contribution in [-0.4, -0.2) is 37.1 Å². The van der Waals surface area contributed by atoms with Gasteiger partial charge < -0.3 is 16.0 Å². The van der Waals surface area contributed by atoms with Crippen LogP contribution in [0.2, 0.25) is 0 Å². The third-order valence-corrected chi connectivity index (χ3v) is 2.84. The van der Waals surface area contributed by atoms with Gasteiger partial charge in [0.15, 0.2) is 0 Å². The molecule has 0 aromatic carbocycles. The van der Waals surface area contributed by atoms with E-state index >= 15 is 0 Å². The van der Waals surface area contributed by atoms with Crippen LogP contribution in [0.25, 0.3) is 0 Å². The largest absolute Gasteiger partial charge is 0.352 e. The lowest BCUT2D eigenvalue weighted by atomic mass is 9.91. The summed E-state index contributed by atoms with van der Waals surface area (Å²) in [6.45, 7) is 4.27. The predicted molar refractivity (Wildman–Crippen MR) is 52.4 cm³/mol. The normalized spacial score (nSPS) is 22.6. The monoisotopic (exact) mass is 185 g/mol. The molecule has 0 saturated carbocycles. The summed E-state index contributed by atoms with van der Waals surface area (Å²) in [6.07, 6.45) is 2.30. The fraction of sp³-hybridized carbons (Fsp3) is 0.889. The molecule has 1 unspecified atom stereocenters. The van der Waals surface area contributed by atoms with Gasteiger partial charge in [-0.2, -0.15) is 0 Å². The Balaban J connectivity index is 2.31. The molecule has 0 spiro atoms.